The molecule has 11 nitrogen and oxygen atoms in total. The van der Waals surface area contributed by atoms with Gasteiger partial charge in [0.25, 0.3) is 10.0 Å². The van der Waals surface area contributed by atoms with E-state index in [1.54, 1.807) is 18.6 Å². The van der Waals surface area contributed by atoms with Crippen molar-refractivity contribution in [2.24, 2.45) is 0 Å². The third-order valence-electron chi connectivity index (χ3n) is 3.68. The molecule has 0 radical (unpaired) electrons. The number of nitrogens with zero attached hydrogens (tertiary/aromatic N) is 3. The van der Waals surface area contributed by atoms with Crippen molar-refractivity contribution in [2.45, 2.75) is 37.2 Å². The van der Waals surface area contributed by atoms with Gasteiger partial charge < -0.3 is 9.30 Å². The number of urea groups is 1. The number of sulfonamides is 1. The van der Waals surface area contributed by atoms with Gasteiger partial charge in [-0.05, 0) is 19.9 Å². The summed E-state index contributed by atoms with van der Waals surface area (Å²) in [7, 11) is -6.94. The molecule has 0 atom stereocenters. The SMILES string of the molecule is CCn1ccc(S(=O)(=O)CC)c1S(=O)(=O)NC(=O)Nc1nc(C)cc(OC)n1. The Morgan fingerprint density at radius 3 is 2.46 bits per heavy atom. The molecule has 0 bridgehead atoms. The lowest BCUT2D eigenvalue weighted by Gasteiger charge is -2.12. The van der Waals surface area contributed by atoms with Gasteiger partial charge in [0.1, 0.15) is 4.90 Å². The summed E-state index contributed by atoms with van der Waals surface area (Å²) in [6.07, 6.45) is 1.34. The minimum Gasteiger partial charge on any atom is -0.481 e. The van der Waals surface area contributed by atoms with Crippen LogP contribution in [0.3, 0.4) is 0 Å². The van der Waals surface area contributed by atoms with Crippen molar-refractivity contribution >= 4 is 31.8 Å². The molecule has 2 aromatic rings. The Balaban J connectivity index is 2.35. The fourth-order valence-electron chi connectivity index (χ4n) is 2.36. The molecule has 0 aromatic carbocycles. The minimum absolute atomic E-state index is 0.170. The number of aromatic nitrogens is 3. The highest BCUT2D eigenvalue weighted by molar-refractivity contribution is 7.93. The van der Waals surface area contributed by atoms with E-state index in [1.807, 2.05) is 0 Å². The molecule has 0 aliphatic heterocycles. The van der Waals surface area contributed by atoms with Crippen molar-refractivity contribution in [3.63, 3.8) is 0 Å². The van der Waals surface area contributed by atoms with E-state index >= 15 is 0 Å². The fraction of sp³-hybridized carbons (Fsp3) is 0.400. The number of aryl methyl sites for hydroxylation is 2. The van der Waals surface area contributed by atoms with Crippen molar-refractivity contribution < 1.29 is 26.4 Å². The van der Waals surface area contributed by atoms with Crippen LogP contribution in [0.2, 0.25) is 0 Å². The lowest BCUT2D eigenvalue weighted by molar-refractivity contribution is 0.256. The Kier molecular flexibility index (Phi) is 6.29. The molecule has 2 aromatic heterocycles. The lowest BCUT2D eigenvalue weighted by atomic mass is 10.4. The van der Waals surface area contributed by atoms with Crippen LogP contribution in [0.1, 0.15) is 19.5 Å². The van der Waals surface area contributed by atoms with Crippen molar-refractivity contribution in [2.75, 3.05) is 18.2 Å². The standard InChI is InChI=1S/C15H21N5O6S2/c1-5-20-8-7-11(27(22,23)6-2)13(20)28(24,25)19-15(21)18-14-16-10(3)9-12(17-14)26-4/h7-9H,5-6H2,1-4H3,(H2,16,17,18,19,21). The van der Waals surface area contributed by atoms with E-state index < -0.39 is 30.9 Å². The second kappa shape index (κ2) is 8.14. The highest BCUT2D eigenvalue weighted by atomic mass is 32.2. The van der Waals surface area contributed by atoms with Gasteiger partial charge in [0.2, 0.25) is 11.8 Å². The molecule has 0 aliphatic rings. The molecule has 2 heterocycles. The van der Waals surface area contributed by atoms with E-state index in [-0.39, 0.29) is 29.0 Å². The van der Waals surface area contributed by atoms with Crippen molar-refractivity contribution in [3.05, 3.63) is 24.0 Å². The fourth-order valence-corrected chi connectivity index (χ4v) is 5.26. The second-order valence-corrected chi connectivity index (χ2v) is 9.45. The number of amides is 2. The number of rotatable bonds is 7. The first kappa shape index (κ1) is 21.6. The normalized spacial score (nSPS) is 11.9. The molecule has 2 N–H and O–H groups in total. The molecule has 0 fully saturated rings. The molecule has 0 spiro atoms. The number of hydrogen-bond acceptors (Lipinski definition) is 8. The molecule has 0 unspecified atom stereocenters. The van der Waals surface area contributed by atoms with E-state index in [0.717, 1.165) is 0 Å². The molecule has 0 aliphatic carbocycles. The molecule has 154 valence electrons. The van der Waals surface area contributed by atoms with Gasteiger partial charge in [0.05, 0.1) is 12.9 Å². The molecule has 2 rings (SSSR count). The lowest BCUT2D eigenvalue weighted by Crippen LogP contribution is -2.36. The van der Waals surface area contributed by atoms with E-state index in [9.17, 15) is 21.6 Å². The van der Waals surface area contributed by atoms with Gasteiger partial charge in [-0.25, -0.2) is 22.9 Å². The minimum atomic E-state index is -4.49. The average Bonchev–Trinajstić information content (AvgIpc) is 3.06. The summed E-state index contributed by atoms with van der Waals surface area (Å²) in [5.74, 6) is -0.273. The molecule has 2 amide bonds. The first-order valence-electron chi connectivity index (χ1n) is 8.19. The van der Waals surface area contributed by atoms with Crippen molar-refractivity contribution in [1.29, 1.82) is 0 Å². The van der Waals surface area contributed by atoms with Gasteiger partial charge in [0.15, 0.2) is 14.9 Å². The van der Waals surface area contributed by atoms with Crippen LogP contribution >= 0.6 is 0 Å². The zero-order chi connectivity index (χ0) is 21.1. The third-order valence-corrected chi connectivity index (χ3v) is 6.99. The van der Waals surface area contributed by atoms with Crippen LogP contribution in [0.4, 0.5) is 10.7 Å². The number of hydrogen-bond donors (Lipinski definition) is 2. The predicted molar refractivity (Wildman–Crippen MR) is 100 cm³/mol. The van der Waals surface area contributed by atoms with Crippen LogP contribution in [0, 0.1) is 6.92 Å². The number of methoxy groups -OCH3 is 1. The summed E-state index contributed by atoms with van der Waals surface area (Å²) in [5.41, 5.74) is 0.487. The molecule has 0 saturated carbocycles. The van der Waals surface area contributed by atoms with E-state index in [2.05, 4.69) is 15.3 Å². The van der Waals surface area contributed by atoms with Crippen LogP contribution in [0.15, 0.2) is 28.3 Å². The maximum Gasteiger partial charge on any atom is 0.335 e. The van der Waals surface area contributed by atoms with Gasteiger partial charge in [-0.3, -0.25) is 5.32 Å². The zero-order valence-corrected chi connectivity index (χ0v) is 17.4. The number of nitrogens with one attached hydrogen (secondary N) is 2. The second-order valence-electron chi connectivity index (χ2n) is 5.61. The number of carbonyl (C=O) groups is 1. The number of ether oxygens (including phenoxy) is 1. The van der Waals surface area contributed by atoms with Crippen LogP contribution < -0.4 is 14.8 Å². The number of anilines is 1. The molecular weight excluding hydrogens is 410 g/mol. The van der Waals surface area contributed by atoms with Crippen molar-refractivity contribution in [3.8, 4) is 5.88 Å². The van der Waals surface area contributed by atoms with E-state index in [4.69, 9.17) is 4.74 Å². The summed E-state index contributed by atoms with van der Waals surface area (Å²) in [4.78, 5) is 19.7. The predicted octanol–water partition coefficient (Wildman–Crippen LogP) is 0.919. The van der Waals surface area contributed by atoms with E-state index in [0.29, 0.717) is 5.69 Å². The van der Waals surface area contributed by atoms with Crippen LogP contribution in [-0.4, -0.2) is 50.3 Å². The third kappa shape index (κ3) is 4.59. The summed E-state index contributed by atoms with van der Waals surface area (Å²) >= 11 is 0. The van der Waals surface area contributed by atoms with Crippen molar-refractivity contribution in [1.82, 2.24) is 19.3 Å². The molecule has 28 heavy (non-hydrogen) atoms. The highest BCUT2D eigenvalue weighted by Gasteiger charge is 2.31. The maximum atomic E-state index is 12.7. The van der Waals surface area contributed by atoms with Gasteiger partial charge in [-0.2, -0.15) is 13.4 Å². The van der Waals surface area contributed by atoms with Crippen LogP contribution in [0.5, 0.6) is 5.88 Å². The topological polar surface area (TPSA) is 149 Å². The highest BCUT2D eigenvalue weighted by Crippen LogP contribution is 2.24. The van der Waals surface area contributed by atoms with Gasteiger partial charge >= 0.3 is 6.03 Å². The Morgan fingerprint density at radius 1 is 1.21 bits per heavy atom. The average molecular weight is 431 g/mol. The molecule has 13 heteroatoms. The summed E-state index contributed by atoms with van der Waals surface area (Å²) in [6.45, 7) is 4.88. The molecular formula is C15H21N5O6S2. The Morgan fingerprint density at radius 2 is 1.89 bits per heavy atom. The Hall–Kier alpha value is -2.67. The van der Waals surface area contributed by atoms with Gasteiger partial charge in [-0.15, -0.1) is 0 Å². The largest absolute Gasteiger partial charge is 0.481 e. The summed E-state index contributed by atoms with van der Waals surface area (Å²) in [5, 5.41) is 1.69. The maximum absolute atomic E-state index is 12.7. The quantitative estimate of drug-likeness (QED) is 0.657. The Labute approximate surface area is 163 Å². The monoisotopic (exact) mass is 431 g/mol. The summed E-state index contributed by atoms with van der Waals surface area (Å²) in [6, 6.07) is 1.58. The summed E-state index contributed by atoms with van der Waals surface area (Å²) < 4.78 is 57.9. The zero-order valence-electron chi connectivity index (χ0n) is 15.8. The van der Waals surface area contributed by atoms with E-state index in [1.165, 1.54) is 36.9 Å². The molecule has 0 saturated heterocycles. The first-order valence-corrected chi connectivity index (χ1v) is 11.3. The number of carbonyl (C=O) groups excluding carboxylic acids is 1. The van der Waals surface area contributed by atoms with Crippen LogP contribution in [0.25, 0.3) is 0 Å². The smallest absolute Gasteiger partial charge is 0.335 e. The van der Waals surface area contributed by atoms with Crippen LogP contribution in [-0.2, 0) is 26.4 Å². The van der Waals surface area contributed by atoms with Gasteiger partial charge in [-0.1, -0.05) is 6.92 Å². The van der Waals surface area contributed by atoms with Gasteiger partial charge in [0, 0.05) is 24.5 Å². The Bertz CT molecular complexity index is 1090. The number of sulfone groups is 1. The first-order chi connectivity index (χ1) is 13.0.